The summed E-state index contributed by atoms with van der Waals surface area (Å²) in [5.41, 5.74) is 1.57. The van der Waals surface area contributed by atoms with Gasteiger partial charge in [0.2, 0.25) is 0 Å². The number of hydrogen-bond donors (Lipinski definition) is 1. The van der Waals surface area contributed by atoms with Gasteiger partial charge in [0.25, 0.3) is 0 Å². The first-order chi connectivity index (χ1) is 8.00. The van der Waals surface area contributed by atoms with Crippen LogP contribution in [0.15, 0.2) is 29.8 Å². The number of aliphatic hydroxyl groups is 1. The topological polar surface area (TPSA) is 46.5 Å². The van der Waals surface area contributed by atoms with E-state index < -0.39 is 11.6 Å². The summed E-state index contributed by atoms with van der Waals surface area (Å²) in [6, 6.07) is 7.50. The Balaban J connectivity index is 2.55. The molecule has 0 fully saturated rings. The van der Waals surface area contributed by atoms with Gasteiger partial charge in [-0.15, -0.1) is 0 Å². The molecule has 90 valence electrons. The first-order valence-electron chi connectivity index (χ1n) is 5.70. The second-order valence-corrected chi connectivity index (χ2v) is 4.34. The fraction of sp³-hybridized carbons (Fsp3) is 0.357. The number of benzene rings is 1. The Morgan fingerprint density at radius 1 is 1.41 bits per heavy atom. The van der Waals surface area contributed by atoms with E-state index in [-0.39, 0.29) is 0 Å². The maximum absolute atomic E-state index is 11.9. The molecule has 0 spiro atoms. The van der Waals surface area contributed by atoms with Gasteiger partial charge in [-0.25, -0.2) is 4.79 Å². The summed E-state index contributed by atoms with van der Waals surface area (Å²) in [6.45, 7) is 5.54. The van der Waals surface area contributed by atoms with Crippen LogP contribution in [0.5, 0.6) is 0 Å². The minimum Gasteiger partial charge on any atom is -0.463 e. The van der Waals surface area contributed by atoms with Gasteiger partial charge in [0.15, 0.2) is 0 Å². The molecule has 0 saturated carbocycles. The molecule has 1 aliphatic rings. The number of ether oxygens (including phenoxy) is 1. The summed E-state index contributed by atoms with van der Waals surface area (Å²) in [7, 11) is 0. The third-order valence-electron chi connectivity index (χ3n) is 3.20. The number of carbonyl (C=O) groups excluding carboxylic acids is 1. The third kappa shape index (κ3) is 1.67. The Morgan fingerprint density at radius 3 is 2.65 bits per heavy atom. The zero-order chi connectivity index (χ0) is 12.6. The van der Waals surface area contributed by atoms with Crippen LogP contribution in [0, 0.1) is 0 Å². The van der Waals surface area contributed by atoms with Crippen molar-refractivity contribution < 1.29 is 14.6 Å². The van der Waals surface area contributed by atoms with Gasteiger partial charge in [-0.05, 0) is 37.5 Å². The van der Waals surface area contributed by atoms with Crippen molar-refractivity contribution in [3.05, 3.63) is 41.0 Å². The summed E-state index contributed by atoms with van der Waals surface area (Å²) >= 11 is 0. The van der Waals surface area contributed by atoms with Crippen LogP contribution in [-0.2, 0) is 15.1 Å². The SMILES string of the molecule is CCOC(=O)C1=C(C)c2ccccc2C1(C)O. The fourth-order valence-electron chi connectivity index (χ4n) is 2.42. The van der Waals surface area contributed by atoms with Crippen molar-refractivity contribution in [1.29, 1.82) is 0 Å². The molecule has 1 aliphatic carbocycles. The van der Waals surface area contributed by atoms with Crippen molar-refractivity contribution in [1.82, 2.24) is 0 Å². The Morgan fingerprint density at radius 2 is 2.06 bits per heavy atom. The van der Waals surface area contributed by atoms with Crippen LogP contribution in [0.3, 0.4) is 0 Å². The van der Waals surface area contributed by atoms with Gasteiger partial charge in [-0.3, -0.25) is 0 Å². The zero-order valence-corrected chi connectivity index (χ0v) is 10.3. The molecule has 1 aromatic carbocycles. The number of hydrogen-bond acceptors (Lipinski definition) is 3. The van der Waals surface area contributed by atoms with Crippen LogP contribution in [0.1, 0.15) is 31.9 Å². The predicted octanol–water partition coefficient (Wildman–Crippen LogP) is 2.24. The molecule has 0 radical (unpaired) electrons. The average molecular weight is 232 g/mol. The van der Waals surface area contributed by atoms with E-state index in [0.29, 0.717) is 12.2 Å². The quantitative estimate of drug-likeness (QED) is 0.795. The molecule has 3 heteroatoms. The molecule has 0 amide bonds. The first-order valence-corrected chi connectivity index (χ1v) is 5.70. The van der Waals surface area contributed by atoms with Crippen molar-refractivity contribution in [2.75, 3.05) is 6.61 Å². The summed E-state index contributed by atoms with van der Waals surface area (Å²) in [5.74, 6) is -0.439. The Hall–Kier alpha value is -1.61. The van der Waals surface area contributed by atoms with Crippen molar-refractivity contribution >= 4 is 11.5 Å². The van der Waals surface area contributed by atoms with Crippen LogP contribution in [-0.4, -0.2) is 17.7 Å². The second-order valence-electron chi connectivity index (χ2n) is 4.34. The molecule has 1 aromatic rings. The lowest BCUT2D eigenvalue weighted by Gasteiger charge is -2.21. The van der Waals surface area contributed by atoms with E-state index in [1.165, 1.54) is 0 Å². The summed E-state index contributed by atoms with van der Waals surface area (Å²) in [5, 5.41) is 10.5. The van der Waals surface area contributed by atoms with E-state index in [2.05, 4.69) is 0 Å². The molecule has 0 aliphatic heterocycles. The molecule has 1 atom stereocenters. The van der Waals surface area contributed by atoms with Gasteiger partial charge in [0.05, 0.1) is 12.2 Å². The normalized spacial score (nSPS) is 22.6. The van der Waals surface area contributed by atoms with Gasteiger partial charge >= 0.3 is 5.97 Å². The summed E-state index contributed by atoms with van der Waals surface area (Å²) < 4.78 is 5.01. The Bertz CT molecular complexity index is 498. The smallest absolute Gasteiger partial charge is 0.337 e. The average Bonchev–Trinajstić information content (AvgIpc) is 2.48. The van der Waals surface area contributed by atoms with E-state index in [4.69, 9.17) is 4.74 Å². The van der Waals surface area contributed by atoms with Crippen LogP contribution in [0.2, 0.25) is 0 Å². The predicted molar refractivity (Wildman–Crippen MR) is 65.2 cm³/mol. The van der Waals surface area contributed by atoms with Gasteiger partial charge < -0.3 is 9.84 Å². The molecule has 1 unspecified atom stereocenters. The van der Waals surface area contributed by atoms with E-state index in [0.717, 1.165) is 16.7 Å². The zero-order valence-electron chi connectivity index (χ0n) is 10.3. The number of rotatable bonds is 2. The largest absolute Gasteiger partial charge is 0.463 e. The molecular formula is C14H16O3. The Kier molecular flexibility index (Phi) is 2.79. The van der Waals surface area contributed by atoms with Crippen LogP contribution < -0.4 is 0 Å². The van der Waals surface area contributed by atoms with Gasteiger partial charge in [0.1, 0.15) is 5.60 Å². The molecular weight excluding hydrogens is 216 g/mol. The first kappa shape index (κ1) is 11.9. The van der Waals surface area contributed by atoms with Gasteiger partial charge in [-0.2, -0.15) is 0 Å². The monoisotopic (exact) mass is 232 g/mol. The lowest BCUT2D eigenvalue weighted by Crippen LogP contribution is -2.27. The van der Waals surface area contributed by atoms with Crippen LogP contribution >= 0.6 is 0 Å². The minimum absolute atomic E-state index is 0.308. The highest BCUT2D eigenvalue weighted by Gasteiger charge is 2.42. The molecule has 2 rings (SSSR count). The van der Waals surface area contributed by atoms with Gasteiger partial charge in [-0.1, -0.05) is 24.3 Å². The molecule has 0 heterocycles. The lowest BCUT2D eigenvalue weighted by molar-refractivity contribution is -0.140. The van der Waals surface area contributed by atoms with E-state index in [9.17, 15) is 9.90 Å². The van der Waals surface area contributed by atoms with E-state index in [1.54, 1.807) is 13.8 Å². The molecule has 3 nitrogen and oxygen atoms in total. The highest BCUT2D eigenvalue weighted by atomic mass is 16.5. The summed E-state index contributed by atoms with van der Waals surface area (Å²) in [6.07, 6.45) is 0. The standard InChI is InChI=1S/C14H16O3/c1-4-17-13(15)12-9(2)10-7-5-6-8-11(10)14(12,3)16/h5-8,16H,4H2,1-3H3. The van der Waals surface area contributed by atoms with E-state index >= 15 is 0 Å². The maximum Gasteiger partial charge on any atom is 0.337 e. The second kappa shape index (κ2) is 4.00. The number of fused-ring (bicyclic) bond motifs is 1. The van der Waals surface area contributed by atoms with Crippen molar-refractivity contribution in [3.8, 4) is 0 Å². The maximum atomic E-state index is 11.9. The fourth-order valence-corrected chi connectivity index (χ4v) is 2.42. The molecule has 17 heavy (non-hydrogen) atoms. The Labute approximate surface area is 101 Å². The number of allylic oxidation sites excluding steroid dienone is 1. The highest BCUT2D eigenvalue weighted by Crippen LogP contribution is 2.44. The van der Waals surface area contributed by atoms with Crippen LogP contribution in [0.25, 0.3) is 5.57 Å². The molecule has 0 aromatic heterocycles. The van der Waals surface area contributed by atoms with Crippen LogP contribution in [0.4, 0.5) is 0 Å². The lowest BCUT2D eigenvalue weighted by atomic mass is 9.92. The number of esters is 1. The highest BCUT2D eigenvalue weighted by molar-refractivity contribution is 6.02. The summed E-state index contributed by atoms with van der Waals surface area (Å²) in [4.78, 5) is 11.9. The van der Waals surface area contributed by atoms with E-state index in [1.807, 2.05) is 31.2 Å². The number of carbonyl (C=O) groups is 1. The van der Waals surface area contributed by atoms with Crippen molar-refractivity contribution in [3.63, 3.8) is 0 Å². The van der Waals surface area contributed by atoms with Crippen molar-refractivity contribution in [2.45, 2.75) is 26.4 Å². The van der Waals surface area contributed by atoms with Gasteiger partial charge in [0, 0.05) is 0 Å². The van der Waals surface area contributed by atoms with Crippen molar-refractivity contribution in [2.24, 2.45) is 0 Å². The molecule has 0 bridgehead atoms. The molecule has 1 N–H and O–H groups in total. The molecule has 0 saturated heterocycles. The minimum atomic E-state index is -1.26. The third-order valence-corrected chi connectivity index (χ3v) is 3.20.